The van der Waals surface area contributed by atoms with Crippen molar-refractivity contribution in [3.8, 4) is 5.75 Å². The SMILES string of the molecule is Cc1ccc(CC(=O)N/N=C\c2cc(I)c(OCc3cccc4ccccc34)c(I)c2)cc1C. The Morgan fingerprint density at radius 3 is 2.44 bits per heavy atom. The molecule has 0 fully saturated rings. The Bertz CT molecular complexity index is 1350. The minimum atomic E-state index is -0.140. The van der Waals surface area contributed by atoms with Crippen LogP contribution in [-0.4, -0.2) is 12.1 Å². The molecule has 4 rings (SSSR count). The van der Waals surface area contributed by atoms with E-state index in [1.807, 2.05) is 49.4 Å². The highest BCUT2D eigenvalue weighted by Gasteiger charge is 2.10. The zero-order chi connectivity index (χ0) is 24.1. The molecule has 34 heavy (non-hydrogen) atoms. The molecule has 4 nitrogen and oxygen atoms in total. The quantitative estimate of drug-likeness (QED) is 0.131. The summed E-state index contributed by atoms with van der Waals surface area (Å²) in [4.78, 5) is 12.3. The van der Waals surface area contributed by atoms with E-state index in [-0.39, 0.29) is 5.91 Å². The fourth-order valence-corrected chi connectivity index (χ4v) is 5.81. The Morgan fingerprint density at radius 1 is 0.941 bits per heavy atom. The van der Waals surface area contributed by atoms with Crippen LogP contribution in [0.4, 0.5) is 0 Å². The van der Waals surface area contributed by atoms with Gasteiger partial charge in [0, 0.05) is 0 Å². The summed E-state index contributed by atoms with van der Waals surface area (Å²) in [5.41, 5.74) is 8.06. The number of hydrogen-bond donors (Lipinski definition) is 1. The normalized spacial score (nSPS) is 11.2. The molecule has 0 atom stereocenters. The second-order valence-corrected chi connectivity index (χ2v) is 10.5. The van der Waals surface area contributed by atoms with Gasteiger partial charge in [-0.2, -0.15) is 5.10 Å². The molecule has 0 saturated heterocycles. The second kappa shape index (κ2) is 11.3. The van der Waals surface area contributed by atoms with Gasteiger partial charge in [0.1, 0.15) is 12.4 Å². The number of nitrogens with one attached hydrogen (secondary N) is 1. The number of carbonyl (C=O) groups excluding carboxylic acids is 1. The van der Waals surface area contributed by atoms with Crippen molar-refractivity contribution in [1.82, 2.24) is 5.43 Å². The standard InChI is InChI=1S/C28H24I2N2O2/c1-18-10-11-20(12-19(18)2)15-27(33)32-31-16-21-13-25(29)28(26(30)14-21)34-17-23-8-5-7-22-6-3-4-9-24(22)23/h3-14,16H,15,17H2,1-2H3,(H,32,33)/b31-16-. The van der Waals surface area contributed by atoms with E-state index in [2.05, 4.69) is 93.0 Å². The average Bonchev–Trinajstić information content (AvgIpc) is 2.81. The zero-order valence-corrected chi connectivity index (χ0v) is 23.3. The summed E-state index contributed by atoms with van der Waals surface area (Å²) in [7, 11) is 0. The lowest BCUT2D eigenvalue weighted by Gasteiger charge is -2.13. The van der Waals surface area contributed by atoms with Crippen molar-refractivity contribution in [2.75, 3.05) is 0 Å². The van der Waals surface area contributed by atoms with Crippen molar-refractivity contribution in [2.45, 2.75) is 26.9 Å². The number of carbonyl (C=O) groups is 1. The van der Waals surface area contributed by atoms with E-state index in [4.69, 9.17) is 4.74 Å². The minimum absolute atomic E-state index is 0.140. The monoisotopic (exact) mass is 674 g/mol. The predicted molar refractivity (Wildman–Crippen MR) is 156 cm³/mol. The molecule has 1 N–H and O–H groups in total. The van der Waals surface area contributed by atoms with Crippen molar-refractivity contribution in [3.05, 3.63) is 108 Å². The van der Waals surface area contributed by atoms with E-state index in [1.54, 1.807) is 6.21 Å². The summed E-state index contributed by atoms with van der Waals surface area (Å²) >= 11 is 4.56. The van der Waals surface area contributed by atoms with Gasteiger partial charge in [-0.25, -0.2) is 5.43 Å². The number of fused-ring (bicyclic) bond motifs is 1. The first-order valence-corrected chi connectivity index (χ1v) is 13.0. The lowest BCUT2D eigenvalue weighted by molar-refractivity contribution is -0.120. The van der Waals surface area contributed by atoms with Gasteiger partial charge in [-0.15, -0.1) is 0 Å². The van der Waals surface area contributed by atoms with Gasteiger partial charge >= 0.3 is 0 Å². The smallest absolute Gasteiger partial charge is 0.244 e. The number of benzene rings is 4. The molecular formula is C28H24I2N2O2. The first kappa shape index (κ1) is 24.7. The molecule has 0 aliphatic heterocycles. The molecule has 0 heterocycles. The number of halogens is 2. The highest BCUT2D eigenvalue weighted by Crippen LogP contribution is 2.30. The van der Waals surface area contributed by atoms with Gasteiger partial charge in [-0.3, -0.25) is 4.79 Å². The van der Waals surface area contributed by atoms with Gasteiger partial charge in [0.2, 0.25) is 5.91 Å². The first-order chi connectivity index (χ1) is 16.4. The molecule has 0 spiro atoms. The second-order valence-electron chi connectivity index (χ2n) is 8.13. The summed E-state index contributed by atoms with van der Waals surface area (Å²) in [5.74, 6) is 0.712. The van der Waals surface area contributed by atoms with Crippen molar-refractivity contribution < 1.29 is 9.53 Å². The van der Waals surface area contributed by atoms with E-state index in [0.29, 0.717) is 13.0 Å². The van der Waals surface area contributed by atoms with Crippen LogP contribution in [0, 0.1) is 21.0 Å². The number of hydrogen-bond acceptors (Lipinski definition) is 3. The van der Waals surface area contributed by atoms with Crippen LogP contribution in [0.1, 0.15) is 27.8 Å². The Balaban J connectivity index is 1.39. The Hall–Kier alpha value is -2.46. The predicted octanol–water partition coefficient (Wildman–Crippen LogP) is 6.94. The van der Waals surface area contributed by atoms with Crippen LogP contribution < -0.4 is 10.2 Å². The Labute approximate surface area is 227 Å². The molecule has 0 aliphatic carbocycles. The lowest BCUT2D eigenvalue weighted by Crippen LogP contribution is -2.19. The Kier molecular flexibility index (Phi) is 8.20. The maximum absolute atomic E-state index is 12.3. The molecule has 0 radical (unpaired) electrons. The zero-order valence-electron chi connectivity index (χ0n) is 18.9. The molecule has 0 aromatic heterocycles. The number of hydrazone groups is 1. The molecule has 0 unspecified atom stereocenters. The third kappa shape index (κ3) is 6.15. The molecular weight excluding hydrogens is 650 g/mol. The molecule has 0 bridgehead atoms. The molecule has 1 amide bonds. The summed E-state index contributed by atoms with van der Waals surface area (Å²) in [6.45, 7) is 4.61. The van der Waals surface area contributed by atoms with Crippen LogP contribution in [0.3, 0.4) is 0 Å². The average molecular weight is 674 g/mol. The summed E-state index contributed by atoms with van der Waals surface area (Å²) in [6, 6.07) is 24.7. The van der Waals surface area contributed by atoms with E-state index in [0.717, 1.165) is 29.6 Å². The molecule has 4 aromatic rings. The van der Waals surface area contributed by atoms with Crippen molar-refractivity contribution >= 4 is 68.1 Å². The fourth-order valence-electron chi connectivity index (χ4n) is 3.68. The summed E-state index contributed by atoms with van der Waals surface area (Å²) < 4.78 is 8.20. The first-order valence-electron chi connectivity index (χ1n) is 10.9. The fraction of sp³-hybridized carbons (Fsp3) is 0.143. The summed E-state index contributed by atoms with van der Waals surface area (Å²) in [6.07, 6.45) is 1.96. The molecule has 0 saturated carbocycles. The third-order valence-electron chi connectivity index (χ3n) is 5.61. The van der Waals surface area contributed by atoms with Crippen molar-refractivity contribution in [1.29, 1.82) is 0 Å². The summed E-state index contributed by atoms with van der Waals surface area (Å²) in [5, 5.41) is 6.56. The molecule has 172 valence electrons. The Morgan fingerprint density at radius 2 is 1.68 bits per heavy atom. The van der Waals surface area contributed by atoms with Gasteiger partial charge in [0.25, 0.3) is 0 Å². The van der Waals surface area contributed by atoms with E-state index < -0.39 is 0 Å². The lowest BCUT2D eigenvalue weighted by atomic mass is 10.0. The largest absolute Gasteiger partial charge is 0.487 e. The van der Waals surface area contributed by atoms with Crippen molar-refractivity contribution in [3.63, 3.8) is 0 Å². The highest BCUT2D eigenvalue weighted by atomic mass is 127. The number of aryl methyl sites for hydroxylation is 2. The number of ether oxygens (including phenoxy) is 1. The molecule has 4 aromatic carbocycles. The number of rotatable bonds is 7. The van der Waals surface area contributed by atoms with Crippen LogP contribution in [0.5, 0.6) is 5.75 Å². The van der Waals surface area contributed by atoms with Crippen LogP contribution in [0.15, 0.2) is 77.9 Å². The maximum Gasteiger partial charge on any atom is 0.244 e. The van der Waals surface area contributed by atoms with Gasteiger partial charge in [-0.05, 0) is 110 Å². The van der Waals surface area contributed by atoms with Crippen LogP contribution >= 0.6 is 45.2 Å². The van der Waals surface area contributed by atoms with Gasteiger partial charge in [0.05, 0.1) is 19.8 Å². The molecule has 0 aliphatic rings. The van der Waals surface area contributed by atoms with E-state index in [9.17, 15) is 4.79 Å². The highest BCUT2D eigenvalue weighted by molar-refractivity contribution is 14.1. The van der Waals surface area contributed by atoms with Crippen LogP contribution in [0.25, 0.3) is 10.8 Å². The third-order valence-corrected chi connectivity index (χ3v) is 7.21. The van der Waals surface area contributed by atoms with Crippen LogP contribution in [-0.2, 0) is 17.8 Å². The van der Waals surface area contributed by atoms with Gasteiger partial charge in [0.15, 0.2) is 0 Å². The minimum Gasteiger partial charge on any atom is -0.487 e. The topological polar surface area (TPSA) is 50.7 Å². The van der Waals surface area contributed by atoms with Crippen LogP contribution in [0.2, 0.25) is 0 Å². The van der Waals surface area contributed by atoms with E-state index >= 15 is 0 Å². The maximum atomic E-state index is 12.3. The van der Waals surface area contributed by atoms with Gasteiger partial charge in [-0.1, -0.05) is 60.7 Å². The van der Waals surface area contributed by atoms with Gasteiger partial charge < -0.3 is 4.74 Å². The van der Waals surface area contributed by atoms with E-state index in [1.165, 1.54) is 21.9 Å². The molecule has 6 heteroatoms. The van der Waals surface area contributed by atoms with Crippen molar-refractivity contribution in [2.24, 2.45) is 5.10 Å². The number of nitrogens with zero attached hydrogens (tertiary/aromatic N) is 1. The number of amides is 1.